The van der Waals surface area contributed by atoms with Crippen LogP contribution in [0.1, 0.15) is 24.2 Å². The Balaban J connectivity index is 2.21. The van der Waals surface area contributed by atoms with Crippen LogP contribution < -0.4 is 5.73 Å². The molecule has 1 aliphatic rings. The highest BCUT2D eigenvalue weighted by Gasteiger charge is 2.40. The maximum absolute atomic E-state index is 6.11. The molecule has 1 fully saturated rings. The Morgan fingerprint density at radius 1 is 1.43 bits per heavy atom. The Morgan fingerprint density at radius 3 is 2.93 bits per heavy atom. The zero-order valence-electron chi connectivity index (χ0n) is 8.07. The summed E-state index contributed by atoms with van der Waals surface area (Å²) in [7, 11) is 0. The molecule has 0 unspecified atom stereocenters. The maximum Gasteiger partial charge on any atom is 0.161 e. The Hall–Kier alpha value is -1.42. The SMILES string of the molecule is Cc1nnc2cc(C3(N)CC3)ccn12. The van der Waals surface area contributed by atoms with Crippen molar-refractivity contribution in [3.05, 3.63) is 29.7 Å². The Labute approximate surface area is 81.8 Å². The minimum Gasteiger partial charge on any atom is -0.321 e. The van der Waals surface area contributed by atoms with Crippen LogP contribution in [0.3, 0.4) is 0 Å². The van der Waals surface area contributed by atoms with Crippen molar-refractivity contribution < 1.29 is 0 Å². The highest BCUT2D eigenvalue weighted by Crippen LogP contribution is 2.42. The lowest BCUT2D eigenvalue weighted by Crippen LogP contribution is -2.18. The van der Waals surface area contributed by atoms with Crippen molar-refractivity contribution in [1.82, 2.24) is 14.6 Å². The molecule has 4 nitrogen and oxygen atoms in total. The van der Waals surface area contributed by atoms with Crippen LogP contribution in [0.15, 0.2) is 18.3 Å². The highest BCUT2D eigenvalue weighted by atomic mass is 15.2. The van der Waals surface area contributed by atoms with Crippen molar-refractivity contribution in [2.45, 2.75) is 25.3 Å². The first kappa shape index (κ1) is 7.94. The van der Waals surface area contributed by atoms with E-state index in [9.17, 15) is 0 Å². The highest BCUT2D eigenvalue weighted by molar-refractivity contribution is 5.44. The predicted molar refractivity (Wildman–Crippen MR) is 52.8 cm³/mol. The van der Waals surface area contributed by atoms with Crippen LogP contribution in [0.5, 0.6) is 0 Å². The number of fused-ring (bicyclic) bond motifs is 1. The first-order valence-corrected chi connectivity index (χ1v) is 4.80. The van der Waals surface area contributed by atoms with Crippen LogP contribution in [-0.4, -0.2) is 14.6 Å². The van der Waals surface area contributed by atoms with Crippen LogP contribution in [0.4, 0.5) is 0 Å². The quantitative estimate of drug-likeness (QED) is 0.726. The fourth-order valence-corrected chi connectivity index (χ4v) is 1.74. The van der Waals surface area contributed by atoms with E-state index in [-0.39, 0.29) is 5.54 Å². The predicted octanol–water partition coefficient (Wildman–Crippen LogP) is 0.986. The van der Waals surface area contributed by atoms with Crippen LogP contribution in [0, 0.1) is 6.92 Å². The van der Waals surface area contributed by atoms with Gasteiger partial charge in [0.2, 0.25) is 0 Å². The van der Waals surface area contributed by atoms with Crippen molar-refractivity contribution in [2.24, 2.45) is 5.73 Å². The molecule has 0 bridgehead atoms. The number of hydrogen-bond acceptors (Lipinski definition) is 3. The molecule has 4 heteroatoms. The van der Waals surface area contributed by atoms with Crippen molar-refractivity contribution >= 4 is 5.65 Å². The lowest BCUT2D eigenvalue weighted by Gasteiger charge is -2.08. The summed E-state index contributed by atoms with van der Waals surface area (Å²) in [6, 6.07) is 4.10. The number of rotatable bonds is 1. The van der Waals surface area contributed by atoms with Crippen molar-refractivity contribution in [3.63, 3.8) is 0 Å². The molecule has 2 heterocycles. The van der Waals surface area contributed by atoms with E-state index in [0.29, 0.717) is 0 Å². The molecule has 2 N–H and O–H groups in total. The van der Waals surface area contributed by atoms with Gasteiger partial charge in [0.1, 0.15) is 5.82 Å². The van der Waals surface area contributed by atoms with Gasteiger partial charge in [0, 0.05) is 11.7 Å². The van der Waals surface area contributed by atoms with Crippen LogP contribution in [0.2, 0.25) is 0 Å². The fraction of sp³-hybridized carbons (Fsp3) is 0.400. The number of hydrogen-bond donors (Lipinski definition) is 1. The van der Waals surface area contributed by atoms with Gasteiger partial charge in [-0.25, -0.2) is 0 Å². The van der Waals surface area contributed by atoms with Crippen molar-refractivity contribution in [2.75, 3.05) is 0 Å². The van der Waals surface area contributed by atoms with Gasteiger partial charge in [0.25, 0.3) is 0 Å². The largest absolute Gasteiger partial charge is 0.321 e. The van der Waals surface area contributed by atoms with E-state index in [0.717, 1.165) is 24.3 Å². The number of nitrogens with two attached hydrogens (primary N) is 1. The molecule has 14 heavy (non-hydrogen) atoms. The van der Waals surface area contributed by atoms with Gasteiger partial charge in [-0.2, -0.15) is 0 Å². The van der Waals surface area contributed by atoms with Gasteiger partial charge in [-0.3, -0.25) is 4.40 Å². The molecule has 2 aromatic rings. The van der Waals surface area contributed by atoms with E-state index < -0.39 is 0 Å². The van der Waals surface area contributed by atoms with Gasteiger partial charge in [-0.05, 0) is 37.5 Å². The third kappa shape index (κ3) is 0.974. The minimum absolute atomic E-state index is 0.0817. The van der Waals surface area contributed by atoms with Crippen LogP contribution in [0.25, 0.3) is 5.65 Å². The van der Waals surface area contributed by atoms with Gasteiger partial charge >= 0.3 is 0 Å². The third-order valence-corrected chi connectivity index (χ3v) is 2.94. The lowest BCUT2D eigenvalue weighted by molar-refractivity contribution is 0.738. The molecule has 0 amide bonds. The van der Waals surface area contributed by atoms with Gasteiger partial charge in [-0.1, -0.05) is 0 Å². The summed E-state index contributed by atoms with van der Waals surface area (Å²) >= 11 is 0. The van der Waals surface area contributed by atoms with Gasteiger partial charge in [0.15, 0.2) is 5.65 Å². The topological polar surface area (TPSA) is 56.2 Å². The molecule has 0 atom stereocenters. The Kier molecular flexibility index (Phi) is 1.32. The molecular weight excluding hydrogens is 176 g/mol. The third-order valence-electron chi connectivity index (χ3n) is 2.94. The van der Waals surface area contributed by atoms with Crippen molar-refractivity contribution in [3.8, 4) is 0 Å². The Morgan fingerprint density at radius 2 is 2.21 bits per heavy atom. The normalized spacial score (nSPS) is 18.7. The number of pyridine rings is 1. The zero-order valence-corrected chi connectivity index (χ0v) is 8.07. The molecule has 0 aromatic carbocycles. The summed E-state index contributed by atoms with van der Waals surface area (Å²) < 4.78 is 1.97. The standard InChI is InChI=1S/C10H12N4/c1-7-12-13-9-6-8(2-5-14(7)9)10(11)3-4-10/h2,5-6H,3-4,11H2,1H3. The first-order valence-electron chi connectivity index (χ1n) is 4.80. The number of aryl methyl sites for hydroxylation is 1. The van der Waals surface area contributed by atoms with E-state index in [1.165, 1.54) is 5.56 Å². The second-order valence-electron chi connectivity index (χ2n) is 4.05. The van der Waals surface area contributed by atoms with E-state index in [1.54, 1.807) is 0 Å². The number of aromatic nitrogens is 3. The number of nitrogens with zero attached hydrogens (tertiary/aromatic N) is 3. The molecule has 1 saturated carbocycles. The van der Waals surface area contributed by atoms with Gasteiger partial charge in [-0.15, -0.1) is 10.2 Å². The minimum atomic E-state index is -0.0817. The van der Waals surface area contributed by atoms with Crippen molar-refractivity contribution in [1.29, 1.82) is 0 Å². The smallest absolute Gasteiger partial charge is 0.161 e. The van der Waals surface area contributed by atoms with E-state index in [1.807, 2.05) is 23.6 Å². The average molecular weight is 188 g/mol. The second-order valence-corrected chi connectivity index (χ2v) is 4.05. The maximum atomic E-state index is 6.11. The molecule has 3 rings (SSSR count). The summed E-state index contributed by atoms with van der Waals surface area (Å²) in [6.45, 7) is 1.94. The Bertz CT molecular complexity index is 496. The molecule has 0 aliphatic heterocycles. The monoisotopic (exact) mass is 188 g/mol. The summed E-state index contributed by atoms with van der Waals surface area (Å²) in [4.78, 5) is 0. The zero-order chi connectivity index (χ0) is 9.76. The molecule has 1 aliphatic carbocycles. The molecule has 72 valence electrons. The summed E-state index contributed by atoms with van der Waals surface area (Å²) in [5, 5.41) is 8.09. The van der Waals surface area contributed by atoms with Gasteiger partial charge < -0.3 is 5.73 Å². The molecule has 0 saturated heterocycles. The molecule has 0 radical (unpaired) electrons. The first-order chi connectivity index (χ1) is 6.69. The summed E-state index contributed by atoms with van der Waals surface area (Å²) in [5.74, 6) is 0.911. The van der Waals surface area contributed by atoms with Crippen LogP contribution in [-0.2, 0) is 5.54 Å². The lowest BCUT2D eigenvalue weighted by atomic mass is 10.1. The van der Waals surface area contributed by atoms with Crippen LogP contribution >= 0.6 is 0 Å². The summed E-state index contributed by atoms with van der Waals surface area (Å²) in [6.07, 6.45) is 4.15. The molecule has 0 spiro atoms. The van der Waals surface area contributed by atoms with E-state index >= 15 is 0 Å². The molecule has 2 aromatic heterocycles. The summed E-state index contributed by atoms with van der Waals surface area (Å²) in [5.41, 5.74) is 8.09. The average Bonchev–Trinajstić information content (AvgIpc) is 2.84. The molecular formula is C10H12N4. The fourth-order valence-electron chi connectivity index (χ4n) is 1.74. The van der Waals surface area contributed by atoms with Gasteiger partial charge in [0.05, 0.1) is 0 Å². The van der Waals surface area contributed by atoms with E-state index in [4.69, 9.17) is 5.73 Å². The van der Waals surface area contributed by atoms with E-state index in [2.05, 4.69) is 16.3 Å². The second kappa shape index (κ2) is 2.33.